The van der Waals surface area contributed by atoms with Crippen LogP contribution in [0.2, 0.25) is 0 Å². The van der Waals surface area contributed by atoms with E-state index in [-0.39, 0.29) is 13.2 Å². The number of aryl methyl sites for hydroxylation is 1. The lowest BCUT2D eigenvalue weighted by molar-refractivity contribution is 0.0933. The van der Waals surface area contributed by atoms with E-state index in [1.165, 1.54) is 107 Å². The average Bonchev–Trinajstić information content (AvgIpc) is 3.46. The number of nitrogens with zero attached hydrogens (tertiary/aromatic N) is 3. The summed E-state index contributed by atoms with van der Waals surface area (Å²) in [5.41, 5.74) is 13.1. The van der Waals surface area contributed by atoms with Crippen LogP contribution in [0.5, 0.6) is 11.5 Å². The summed E-state index contributed by atoms with van der Waals surface area (Å²) in [5, 5.41) is 21.6. The summed E-state index contributed by atoms with van der Waals surface area (Å²) in [5.74, 6) is 1.57. The van der Waals surface area contributed by atoms with Gasteiger partial charge in [0.05, 0.1) is 13.2 Å². The lowest BCUT2D eigenvalue weighted by atomic mass is 9.99. The molecular weight excluding hydrogens is 913 g/mol. The number of benzene rings is 7. The monoisotopic (exact) mass is 993 g/mol. The molecule has 3 N–H and O–H groups in total. The van der Waals surface area contributed by atoms with Crippen LogP contribution in [0.25, 0.3) is 22.3 Å². The van der Waals surface area contributed by atoms with Crippen LogP contribution in [-0.2, 0) is 39.1 Å². The predicted molar refractivity (Wildman–Crippen MR) is 304 cm³/mol. The smallest absolute Gasteiger partial charge is 0.119 e. The number of rotatable bonds is 24. The fraction of sp³-hybridized carbons (Fsp3) is 0.364. The highest BCUT2D eigenvalue weighted by Gasteiger charge is 2.25. The van der Waals surface area contributed by atoms with Crippen molar-refractivity contribution in [3.8, 4) is 33.8 Å². The molecule has 9 rings (SSSR count). The van der Waals surface area contributed by atoms with Crippen molar-refractivity contribution in [2.75, 3.05) is 52.6 Å². The SMILES string of the molecule is CCCCCc1ccc(CN(Cc2ccc(-c3ccc(OCCO)cc3)cc2)C2CCN(Cc3ccccc3)CC2)cc1.OCCOc1ccc(-c2ccc(CNC3CCN(Cc4ccccc4)CC3)cc2)cc1. The molecule has 0 amide bonds. The second-order valence-electron chi connectivity index (χ2n) is 20.2. The first-order valence-corrected chi connectivity index (χ1v) is 27.4. The maximum Gasteiger partial charge on any atom is 0.119 e. The molecule has 0 spiro atoms. The summed E-state index contributed by atoms with van der Waals surface area (Å²) in [6.07, 6.45) is 9.84. The number of unbranched alkanes of at least 4 members (excludes halogenated alkanes) is 2. The van der Waals surface area contributed by atoms with E-state index in [2.05, 4.69) is 185 Å². The van der Waals surface area contributed by atoms with Gasteiger partial charge in [-0.25, -0.2) is 0 Å². The number of aliphatic hydroxyl groups is 2. The van der Waals surface area contributed by atoms with Crippen LogP contribution in [0.15, 0.2) is 182 Å². The second kappa shape index (κ2) is 29.7. The lowest BCUT2D eigenvalue weighted by Crippen LogP contribution is -2.44. The predicted octanol–water partition coefficient (Wildman–Crippen LogP) is 12.6. The van der Waals surface area contributed by atoms with Gasteiger partial charge in [-0.2, -0.15) is 0 Å². The molecule has 8 heteroatoms. The number of hydrogen-bond acceptors (Lipinski definition) is 8. The second-order valence-corrected chi connectivity index (χ2v) is 20.2. The van der Waals surface area contributed by atoms with E-state index in [4.69, 9.17) is 19.7 Å². The Bertz CT molecular complexity index is 2600. The van der Waals surface area contributed by atoms with E-state index in [0.29, 0.717) is 25.3 Å². The van der Waals surface area contributed by atoms with Crippen LogP contribution in [0.1, 0.15) is 85.3 Å². The van der Waals surface area contributed by atoms with Crippen LogP contribution < -0.4 is 14.8 Å². The van der Waals surface area contributed by atoms with Crippen molar-refractivity contribution in [1.29, 1.82) is 0 Å². The Labute approximate surface area is 442 Å². The van der Waals surface area contributed by atoms with Gasteiger partial charge in [-0.15, -0.1) is 0 Å². The maximum atomic E-state index is 9.00. The van der Waals surface area contributed by atoms with Crippen molar-refractivity contribution < 1.29 is 19.7 Å². The number of piperidine rings is 2. The third kappa shape index (κ3) is 17.5. The number of ether oxygens (including phenoxy) is 2. The van der Waals surface area contributed by atoms with Crippen molar-refractivity contribution in [2.24, 2.45) is 0 Å². The van der Waals surface area contributed by atoms with Gasteiger partial charge in [0.25, 0.3) is 0 Å². The molecule has 2 saturated heterocycles. The molecule has 0 radical (unpaired) electrons. The molecule has 0 bridgehead atoms. The fourth-order valence-electron chi connectivity index (χ4n) is 10.3. The first kappa shape index (κ1) is 54.2. The first-order chi connectivity index (χ1) is 36.5. The molecule has 8 nitrogen and oxygen atoms in total. The minimum absolute atomic E-state index is 0.0252. The summed E-state index contributed by atoms with van der Waals surface area (Å²) in [4.78, 5) is 7.89. The number of nitrogens with one attached hydrogen (secondary N) is 1. The minimum atomic E-state index is 0.0252. The first-order valence-electron chi connectivity index (χ1n) is 27.4. The Hall–Kier alpha value is -6.10. The van der Waals surface area contributed by atoms with Crippen LogP contribution in [0.4, 0.5) is 0 Å². The fourth-order valence-corrected chi connectivity index (χ4v) is 10.3. The van der Waals surface area contributed by atoms with Gasteiger partial charge >= 0.3 is 0 Å². The quantitative estimate of drug-likeness (QED) is 0.0517. The summed E-state index contributed by atoms with van der Waals surface area (Å²) >= 11 is 0. The number of aliphatic hydroxyl groups excluding tert-OH is 2. The summed E-state index contributed by atoms with van der Waals surface area (Å²) in [6, 6.07) is 66.2. The van der Waals surface area contributed by atoms with Crippen LogP contribution in [0.3, 0.4) is 0 Å². The minimum Gasteiger partial charge on any atom is -0.491 e. The average molecular weight is 993 g/mol. The van der Waals surface area contributed by atoms with Gasteiger partial charge in [0.15, 0.2) is 0 Å². The van der Waals surface area contributed by atoms with Gasteiger partial charge in [-0.05, 0) is 145 Å². The number of hydrogen-bond donors (Lipinski definition) is 3. The number of likely N-dealkylation sites (tertiary alicyclic amines) is 2. The molecule has 2 aliphatic heterocycles. The molecule has 0 aromatic heterocycles. The summed E-state index contributed by atoms with van der Waals surface area (Å²) in [7, 11) is 0. The highest BCUT2D eigenvalue weighted by molar-refractivity contribution is 5.65. The molecule has 0 saturated carbocycles. The third-order valence-corrected chi connectivity index (χ3v) is 14.6. The Kier molecular flexibility index (Phi) is 21.7. The van der Waals surface area contributed by atoms with Crippen molar-refractivity contribution in [3.05, 3.63) is 215 Å². The molecule has 7 aromatic carbocycles. The van der Waals surface area contributed by atoms with Crippen LogP contribution in [0, 0.1) is 0 Å². The zero-order chi connectivity index (χ0) is 51.0. The normalized spacial score (nSPS) is 14.6. The summed E-state index contributed by atoms with van der Waals surface area (Å²) in [6.45, 7) is 12.5. The molecule has 0 unspecified atom stereocenters. The van der Waals surface area contributed by atoms with Gasteiger partial charge in [0.1, 0.15) is 24.7 Å². The van der Waals surface area contributed by atoms with Crippen molar-refractivity contribution in [3.63, 3.8) is 0 Å². The summed E-state index contributed by atoms with van der Waals surface area (Å²) < 4.78 is 11.0. The van der Waals surface area contributed by atoms with Gasteiger partial charge in [0, 0.05) is 44.8 Å². The Morgan fingerprint density at radius 1 is 0.459 bits per heavy atom. The molecule has 2 fully saturated rings. The molecular formula is C66H80N4O4. The topological polar surface area (TPSA) is 80.7 Å². The molecule has 2 heterocycles. The molecule has 0 aliphatic carbocycles. The van der Waals surface area contributed by atoms with E-state index < -0.39 is 0 Å². The van der Waals surface area contributed by atoms with Gasteiger partial charge in [0.2, 0.25) is 0 Å². The molecule has 2 aliphatic rings. The lowest BCUT2D eigenvalue weighted by Gasteiger charge is -2.39. The van der Waals surface area contributed by atoms with E-state index in [9.17, 15) is 0 Å². The highest BCUT2D eigenvalue weighted by atomic mass is 16.5. The van der Waals surface area contributed by atoms with Crippen LogP contribution in [-0.4, -0.2) is 89.6 Å². The largest absolute Gasteiger partial charge is 0.491 e. The maximum absolute atomic E-state index is 9.00. The standard InChI is InChI=1S/C39H48N2O2.C27H32N2O2/c1-2-3-5-8-32-11-13-34(14-12-32)30-41(38-23-25-40(26-24-38)29-33-9-6-4-7-10-33)31-35-15-17-36(18-16-35)37-19-21-39(22-20-37)43-28-27-42;30-18-19-31-27-12-10-25(11-13-27)24-8-6-22(7-9-24)20-28-26-14-16-29(17-15-26)21-23-4-2-1-3-5-23/h4,6-7,9-22,38,42H,2-3,5,8,23-31H2,1H3;1-13,26,28,30H,14-21H2. The van der Waals surface area contributed by atoms with Gasteiger partial charge in [-0.1, -0.05) is 177 Å². The molecule has 74 heavy (non-hydrogen) atoms. The van der Waals surface area contributed by atoms with Crippen LogP contribution >= 0.6 is 0 Å². The van der Waals surface area contributed by atoms with E-state index in [1.807, 2.05) is 24.3 Å². The molecule has 388 valence electrons. The zero-order valence-corrected chi connectivity index (χ0v) is 43.9. The van der Waals surface area contributed by atoms with Gasteiger partial charge in [-0.3, -0.25) is 14.7 Å². The highest BCUT2D eigenvalue weighted by Crippen LogP contribution is 2.28. The van der Waals surface area contributed by atoms with E-state index in [0.717, 1.165) is 70.4 Å². The molecule has 7 aromatic rings. The Morgan fingerprint density at radius 3 is 1.31 bits per heavy atom. The Morgan fingerprint density at radius 2 is 0.865 bits per heavy atom. The van der Waals surface area contributed by atoms with E-state index in [1.54, 1.807) is 0 Å². The molecule has 0 atom stereocenters. The van der Waals surface area contributed by atoms with Crippen molar-refractivity contribution in [1.82, 2.24) is 20.0 Å². The van der Waals surface area contributed by atoms with E-state index >= 15 is 0 Å². The third-order valence-electron chi connectivity index (χ3n) is 14.6. The van der Waals surface area contributed by atoms with Crippen molar-refractivity contribution >= 4 is 0 Å². The zero-order valence-electron chi connectivity index (χ0n) is 43.9. The van der Waals surface area contributed by atoms with Gasteiger partial charge < -0.3 is 25.0 Å². The van der Waals surface area contributed by atoms with Crippen molar-refractivity contribution in [2.45, 2.75) is 103 Å². The Balaban J connectivity index is 0.000000208.